The first-order chi connectivity index (χ1) is 8.33. The molecule has 0 radical (unpaired) electrons. The van der Waals surface area contributed by atoms with Crippen LogP contribution in [0.25, 0.3) is 0 Å². The number of rotatable bonds is 5. The molecule has 90 valence electrons. The third-order valence-electron chi connectivity index (χ3n) is 2.41. The van der Waals surface area contributed by atoms with Gasteiger partial charge in [0, 0.05) is 5.56 Å². The van der Waals surface area contributed by atoms with Crippen molar-refractivity contribution in [1.82, 2.24) is 8.75 Å². The molecule has 0 bridgehead atoms. The average molecular weight is 249 g/mol. The zero-order valence-electron chi connectivity index (χ0n) is 9.67. The molecule has 4 nitrogen and oxygen atoms in total. The van der Waals surface area contributed by atoms with Gasteiger partial charge >= 0.3 is 0 Å². The number of hydrogen-bond donors (Lipinski definition) is 1. The van der Waals surface area contributed by atoms with Crippen LogP contribution in [0.1, 0.15) is 30.6 Å². The van der Waals surface area contributed by atoms with Gasteiger partial charge in [-0.05, 0) is 12.5 Å². The van der Waals surface area contributed by atoms with Gasteiger partial charge in [0.25, 0.3) is 0 Å². The Morgan fingerprint density at radius 1 is 1.41 bits per heavy atom. The maximum atomic E-state index is 6.16. The van der Waals surface area contributed by atoms with Gasteiger partial charge < -0.3 is 10.5 Å². The van der Waals surface area contributed by atoms with Crippen LogP contribution >= 0.6 is 11.7 Å². The lowest BCUT2D eigenvalue weighted by molar-refractivity contribution is 0.313. The second-order valence-electron chi connectivity index (χ2n) is 3.70. The van der Waals surface area contributed by atoms with Crippen LogP contribution in [0.4, 0.5) is 0 Å². The molecule has 0 aliphatic carbocycles. The molecular formula is C12H15N3OS. The summed E-state index contributed by atoms with van der Waals surface area (Å²) in [5.41, 5.74) is 7.89. The Labute approximate surface area is 105 Å². The van der Waals surface area contributed by atoms with Gasteiger partial charge in [-0.2, -0.15) is 8.75 Å². The smallest absolute Gasteiger partial charge is 0.124 e. The largest absolute Gasteiger partial charge is 0.493 e. The highest BCUT2D eigenvalue weighted by molar-refractivity contribution is 6.99. The van der Waals surface area contributed by atoms with Gasteiger partial charge in [-0.15, -0.1) is 0 Å². The van der Waals surface area contributed by atoms with Gasteiger partial charge in [-0.3, -0.25) is 0 Å². The van der Waals surface area contributed by atoms with Crippen molar-refractivity contribution in [1.29, 1.82) is 0 Å². The van der Waals surface area contributed by atoms with Crippen LogP contribution in [-0.2, 0) is 0 Å². The van der Waals surface area contributed by atoms with Crippen molar-refractivity contribution < 1.29 is 4.74 Å². The molecule has 2 aromatic rings. The van der Waals surface area contributed by atoms with Crippen molar-refractivity contribution >= 4 is 11.7 Å². The Kier molecular flexibility index (Phi) is 4.06. The molecular weight excluding hydrogens is 234 g/mol. The highest BCUT2D eigenvalue weighted by Gasteiger charge is 2.15. The van der Waals surface area contributed by atoms with Crippen LogP contribution in [0.15, 0.2) is 30.5 Å². The Bertz CT molecular complexity index is 459. The molecule has 1 aromatic carbocycles. The minimum absolute atomic E-state index is 0.276. The molecule has 1 aromatic heterocycles. The van der Waals surface area contributed by atoms with Crippen LogP contribution in [0.5, 0.6) is 5.75 Å². The molecule has 0 fully saturated rings. The van der Waals surface area contributed by atoms with Crippen molar-refractivity contribution in [3.63, 3.8) is 0 Å². The number of benzene rings is 1. The van der Waals surface area contributed by atoms with E-state index in [0.29, 0.717) is 6.61 Å². The summed E-state index contributed by atoms with van der Waals surface area (Å²) < 4.78 is 13.8. The molecule has 0 saturated carbocycles. The molecule has 5 heteroatoms. The number of para-hydroxylation sites is 1. The van der Waals surface area contributed by atoms with Crippen molar-refractivity contribution in [3.8, 4) is 5.75 Å². The second-order valence-corrected chi connectivity index (χ2v) is 4.25. The summed E-state index contributed by atoms with van der Waals surface area (Å²) in [4.78, 5) is 0. The quantitative estimate of drug-likeness (QED) is 0.883. The maximum Gasteiger partial charge on any atom is 0.124 e. The first-order valence-corrected chi connectivity index (χ1v) is 6.30. The zero-order chi connectivity index (χ0) is 12.1. The molecule has 0 aliphatic rings. The highest BCUT2D eigenvalue weighted by atomic mass is 32.1. The van der Waals surface area contributed by atoms with Crippen molar-refractivity contribution in [2.45, 2.75) is 19.4 Å². The van der Waals surface area contributed by atoms with E-state index in [1.807, 2.05) is 24.3 Å². The van der Waals surface area contributed by atoms with Crippen LogP contribution < -0.4 is 10.5 Å². The Balaban J connectivity index is 2.25. The Hall–Kier alpha value is -1.46. The number of hydrogen-bond acceptors (Lipinski definition) is 5. The van der Waals surface area contributed by atoms with Gasteiger partial charge in [0.05, 0.1) is 36.3 Å². The standard InChI is InChI=1S/C12H15N3OS/c1-2-7-16-11-6-4-3-5-9(11)12(13)10-8-14-17-15-10/h3-6,8,12H,2,7,13H2,1H3. The molecule has 0 amide bonds. The summed E-state index contributed by atoms with van der Waals surface area (Å²) in [5.74, 6) is 0.829. The highest BCUT2D eigenvalue weighted by Crippen LogP contribution is 2.27. The fourth-order valence-corrected chi connectivity index (χ4v) is 2.01. The third kappa shape index (κ3) is 2.81. The van der Waals surface area contributed by atoms with Gasteiger partial charge in [0.2, 0.25) is 0 Å². The SMILES string of the molecule is CCCOc1ccccc1C(N)c1cnsn1. The Morgan fingerprint density at radius 3 is 2.94 bits per heavy atom. The number of nitrogens with zero attached hydrogens (tertiary/aromatic N) is 2. The monoisotopic (exact) mass is 249 g/mol. The first kappa shape index (κ1) is 12.0. The average Bonchev–Trinajstić information content (AvgIpc) is 2.89. The van der Waals surface area contributed by atoms with E-state index >= 15 is 0 Å². The lowest BCUT2D eigenvalue weighted by atomic mass is 10.0. The summed E-state index contributed by atoms with van der Waals surface area (Å²) in [6, 6.07) is 7.52. The number of nitrogens with two attached hydrogens (primary N) is 1. The number of aromatic nitrogens is 2. The molecule has 1 heterocycles. The Morgan fingerprint density at radius 2 is 2.24 bits per heavy atom. The maximum absolute atomic E-state index is 6.16. The first-order valence-electron chi connectivity index (χ1n) is 5.57. The number of ether oxygens (including phenoxy) is 1. The zero-order valence-corrected chi connectivity index (χ0v) is 10.5. The van der Waals surface area contributed by atoms with Crippen LogP contribution in [-0.4, -0.2) is 15.4 Å². The molecule has 2 rings (SSSR count). The molecule has 1 atom stereocenters. The second kappa shape index (κ2) is 5.75. The van der Waals surface area contributed by atoms with Gasteiger partial charge in [-0.1, -0.05) is 25.1 Å². The van der Waals surface area contributed by atoms with Gasteiger partial charge in [-0.25, -0.2) is 0 Å². The van der Waals surface area contributed by atoms with E-state index in [0.717, 1.165) is 23.4 Å². The normalized spacial score (nSPS) is 12.4. The van der Waals surface area contributed by atoms with Crippen LogP contribution in [0.2, 0.25) is 0 Å². The van der Waals surface area contributed by atoms with Crippen LogP contribution in [0.3, 0.4) is 0 Å². The van der Waals surface area contributed by atoms with E-state index in [9.17, 15) is 0 Å². The van der Waals surface area contributed by atoms with Crippen LogP contribution in [0, 0.1) is 0 Å². The summed E-state index contributed by atoms with van der Waals surface area (Å²) in [5, 5.41) is 0. The third-order valence-corrected chi connectivity index (χ3v) is 2.90. The van der Waals surface area contributed by atoms with Crippen molar-refractivity contribution in [2.24, 2.45) is 5.73 Å². The molecule has 0 aliphatic heterocycles. The summed E-state index contributed by atoms with van der Waals surface area (Å²) in [6.07, 6.45) is 2.67. The minimum Gasteiger partial charge on any atom is -0.493 e. The fourth-order valence-electron chi connectivity index (χ4n) is 1.55. The van der Waals surface area contributed by atoms with E-state index in [1.165, 1.54) is 11.7 Å². The van der Waals surface area contributed by atoms with E-state index in [4.69, 9.17) is 10.5 Å². The summed E-state index contributed by atoms with van der Waals surface area (Å²) >= 11 is 1.17. The van der Waals surface area contributed by atoms with Crippen molar-refractivity contribution in [2.75, 3.05) is 6.61 Å². The summed E-state index contributed by atoms with van der Waals surface area (Å²) in [6.45, 7) is 2.77. The lowest BCUT2D eigenvalue weighted by Crippen LogP contribution is -2.14. The lowest BCUT2D eigenvalue weighted by Gasteiger charge is -2.14. The fraction of sp³-hybridized carbons (Fsp3) is 0.333. The van der Waals surface area contributed by atoms with Crippen molar-refractivity contribution in [3.05, 3.63) is 41.7 Å². The van der Waals surface area contributed by atoms with E-state index in [1.54, 1.807) is 6.20 Å². The molecule has 0 spiro atoms. The van der Waals surface area contributed by atoms with Gasteiger partial charge in [0.15, 0.2) is 0 Å². The topological polar surface area (TPSA) is 61.0 Å². The molecule has 1 unspecified atom stereocenters. The predicted molar refractivity (Wildman–Crippen MR) is 68.2 cm³/mol. The molecule has 0 saturated heterocycles. The molecule has 2 N–H and O–H groups in total. The summed E-state index contributed by atoms with van der Waals surface area (Å²) in [7, 11) is 0. The van der Waals surface area contributed by atoms with Gasteiger partial charge in [0.1, 0.15) is 5.75 Å². The predicted octanol–water partition coefficient (Wildman–Crippen LogP) is 2.38. The minimum atomic E-state index is -0.276. The van der Waals surface area contributed by atoms with E-state index in [2.05, 4.69) is 15.7 Å². The molecule has 17 heavy (non-hydrogen) atoms. The van der Waals surface area contributed by atoms with E-state index < -0.39 is 0 Å². The van der Waals surface area contributed by atoms with E-state index in [-0.39, 0.29) is 6.04 Å².